The monoisotopic (exact) mass is 527 g/mol. The van der Waals surface area contributed by atoms with Crippen molar-refractivity contribution in [2.75, 3.05) is 7.11 Å². The first-order valence-corrected chi connectivity index (χ1v) is 12.0. The third kappa shape index (κ3) is 5.11. The predicted molar refractivity (Wildman–Crippen MR) is 142 cm³/mol. The molecule has 0 atom stereocenters. The summed E-state index contributed by atoms with van der Waals surface area (Å²) in [5.74, 6) is -0.990. The van der Waals surface area contributed by atoms with Crippen LogP contribution in [-0.4, -0.2) is 27.4 Å². The average molecular weight is 528 g/mol. The minimum absolute atomic E-state index is 0.0478. The molecule has 0 saturated heterocycles. The summed E-state index contributed by atoms with van der Waals surface area (Å²) in [5.41, 5.74) is 2.38. The normalized spacial score (nSPS) is 11.0. The van der Waals surface area contributed by atoms with E-state index in [0.29, 0.717) is 39.4 Å². The molecule has 7 nitrogen and oxygen atoms in total. The van der Waals surface area contributed by atoms with Gasteiger partial charge in [0.1, 0.15) is 11.3 Å². The number of nitrogens with zero attached hydrogens (tertiary/aromatic N) is 3. The van der Waals surface area contributed by atoms with Crippen molar-refractivity contribution in [3.63, 3.8) is 0 Å². The summed E-state index contributed by atoms with van der Waals surface area (Å²) in [6.45, 7) is 3.41. The van der Waals surface area contributed by atoms with Gasteiger partial charge in [0.25, 0.3) is 5.56 Å². The fourth-order valence-corrected chi connectivity index (χ4v) is 4.33. The Labute approximate surface area is 222 Å². The van der Waals surface area contributed by atoms with Gasteiger partial charge in [0.15, 0.2) is 23.1 Å². The van der Waals surface area contributed by atoms with Gasteiger partial charge in [-0.05, 0) is 73.5 Å². The number of hydrogen-bond acceptors (Lipinski definition) is 6. The number of benzene rings is 2. The lowest BCUT2D eigenvalue weighted by molar-refractivity contribution is 0.0991. The van der Waals surface area contributed by atoms with E-state index in [9.17, 15) is 14.0 Å². The van der Waals surface area contributed by atoms with Gasteiger partial charge in [0, 0.05) is 30.4 Å². The van der Waals surface area contributed by atoms with Crippen molar-refractivity contribution in [2.45, 2.75) is 20.3 Å². The molecule has 5 aromatic rings. The van der Waals surface area contributed by atoms with Gasteiger partial charge in [0.2, 0.25) is 5.88 Å². The molecule has 3 heterocycles. The molecular weight excluding hydrogens is 504 g/mol. The second kappa shape index (κ2) is 10.4. The first-order chi connectivity index (χ1) is 18.7. The van der Waals surface area contributed by atoms with Gasteiger partial charge < -0.3 is 9.47 Å². The van der Waals surface area contributed by atoms with Crippen molar-refractivity contribution in [3.05, 3.63) is 117 Å². The molecule has 0 radical (unpaired) electrons. The fraction of sp³-hybridized carbons (Fsp3) is 0.133. The third-order valence-corrected chi connectivity index (χ3v) is 6.29. The lowest BCUT2D eigenvalue weighted by Crippen LogP contribution is -2.27. The summed E-state index contributed by atoms with van der Waals surface area (Å²) in [6, 6.07) is 16.3. The van der Waals surface area contributed by atoms with Crippen LogP contribution >= 0.6 is 0 Å². The van der Waals surface area contributed by atoms with E-state index in [-0.39, 0.29) is 23.5 Å². The molecule has 0 amide bonds. The Hall–Kier alpha value is -4.92. The number of fused-ring (bicyclic) bond motifs is 1. The van der Waals surface area contributed by atoms with Gasteiger partial charge in [-0.2, -0.15) is 0 Å². The highest BCUT2D eigenvalue weighted by molar-refractivity contribution is 5.97. The van der Waals surface area contributed by atoms with Gasteiger partial charge in [0.05, 0.1) is 23.9 Å². The molecule has 0 unspecified atom stereocenters. The number of aromatic nitrogens is 3. The minimum atomic E-state index is -0.684. The Morgan fingerprint density at radius 1 is 0.949 bits per heavy atom. The van der Waals surface area contributed by atoms with Gasteiger partial charge in [-0.3, -0.25) is 19.1 Å². The van der Waals surface area contributed by atoms with E-state index >= 15 is 4.39 Å². The zero-order valence-corrected chi connectivity index (χ0v) is 21.4. The van der Waals surface area contributed by atoms with Gasteiger partial charge in [-0.1, -0.05) is 6.07 Å². The largest absolute Gasteiger partial charge is 0.481 e. The number of methoxy groups -OCH3 is 1. The van der Waals surface area contributed by atoms with Gasteiger partial charge in [-0.25, -0.2) is 13.8 Å². The molecule has 0 bridgehead atoms. The van der Waals surface area contributed by atoms with E-state index in [1.165, 1.54) is 54.3 Å². The highest BCUT2D eigenvalue weighted by atomic mass is 19.1. The van der Waals surface area contributed by atoms with Crippen LogP contribution in [0.15, 0.2) is 77.7 Å². The molecule has 9 heteroatoms. The van der Waals surface area contributed by atoms with Crippen LogP contribution < -0.4 is 15.0 Å². The number of Topliss-reactive ketones (excluding diaryl/α,β-unsaturated/α-hetero) is 1. The number of rotatable bonds is 7. The number of aryl methyl sites for hydroxylation is 2. The molecule has 0 fully saturated rings. The molecule has 5 rings (SSSR count). The molecule has 0 spiro atoms. The van der Waals surface area contributed by atoms with Crippen molar-refractivity contribution in [1.82, 2.24) is 14.5 Å². The van der Waals surface area contributed by atoms with Crippen LogP contribution in [-0.2, 0) is 6.42 Å². The molecule has 39 heavy (non-hydrogen) atoms. The molecule has 0 N–H and O–H groups in total. The van der Waals surface area contributed by atoms with Crippen LogP contribution in [0.3, 0.4) is 0 Å². The Balaban J connectivity index is 1.40. The Morgan fingerprint density at radius 2 is 1.77 bits per heavy atom. The van der Waals surface area contributed by atoms with Crippen LogP contribution in [0.25, 0.3) is 16.7 Å². The smallest absolute Gasteiger partial charge is 0.266 e. The van der Waals surface area contributed by atoms with Crippen LogP contribution in [0, 0.1) is 25.5 Å². The molecule has 0 aliphatic rings. The Bertz CT molecular complexity index is 1800. The quantitative estimate of drug-likeness (QED) is 0.245. The lowest BCUT2D eigenvalue weighted by atomic mass is 10.0. The number of carbonyl (C=O) groups is 1. The van der Waals surface area contributed by atoms with Crippen molar-refractivity contribution in [2.24, 2.45) is 0 Å². The summed E-state index contributed by atoms with van der Waals surface area (Å²) < 4.78 is 41.0. The summed E-state index contributed by atoms with van der Waals surface area (Å²) in [5, 5.41) is 0. The molecule has 0 aliphatic carbocycles. The van der Waals surface area contributed by atoms with Crippen molar-refractivity contribution in [3.8, 4) is 23.1 Å². The topological polar surface area (TPSA) is 83.3 Å². The van der Waals surface area contributed by atoms with Gasteiger partial charge >= 0.3 is 0 Å². The van der Waals surface area contributed by atoms with Crippen molar-refractivity contribution >= 4 is 16.8 Å². The zero-order chi connectivity index (χ0) is 27.7. The SMILES string of the molecule is COc1ccc2nccc(Oc3ccc(CC(=O)c4ccc(C)n(-c5ccc(F)cc5C)c4=O)cc3F)c2n1. The molecule has 0 aliphatic heterocycles. The summed E-state index contributed by atoms with van der Waals surface area (Å²) in [6.07, 6.45) is 1.33. The van der Waals surface area contributed by atoms with Gasteiger partial charge in [-0.15, -0.1) is 0 Å². The second-order valence-electron chi connectivity index (χ2n) is 8.96. The number of halogens is 2. The van der Waals surface area contributed by atoms with Crippen LogP contribution in [0.5, 0.6) is 17.4 Å². The Morgan fingerprint density at radius 3 is 2.51 bits per heavy atom. The van der Waals surface area contributed by atoms with Crippen LogP contribution in [0.2, 0.25) is 0 Å². The highest BCUT2D eigenvalue weighted by Gasteiger charge is 2.18. The van der Waals surface area contributed by atoms with Crippen molar-refractivity contribution in [1.29, 1.82) is 0 Å². The first-order valence-electron chi connectivity index (χ1n) is 12.0. The Kier molecular flexibility index (Phi) is 6.89. The van der Waals surface area contributed by atoms with E-state index in [0.717, 1.165) is 0 Å². The maximum absolute atomic E-state index is 15.0. The standard InChI is InChI=1S/C30H23F2N3O4/c1-17-14-20(31)6-9-24(17)35-18(2)4-7-21(30(35)37)25(36)16-19-5-10-26(22(32)15-19)39-27-12-13-33-23-8-11-28(38-3)34-29(23)27/h4-15H,16H2,1-3H3. The summed E-state index contributed by atoms with van der Waals surface area (Å²) >= 11 is 0. The minimum Gasteiger partial charge on any atom is -0.481 e. The first kappa shape index (κ1) is 25.7. The number of pyridine rings is 3. The fourth-order valence-electron chi connectivity index (χ4n) is 4.33. The molecule has 2 aromatic carbocycles. The number of ether oxygens (including phenoxy) is 2. The maximum atomic E-state index is 15.0. The van der Waals surface area contributed by atoms with E-state index in [1.807, 2.05) is 0 Å². The molecule has 196 valence electrons. The number of carbonyl (C=O) groups excluding carboxylic acids is 1. The van der Waals surface area contributed by atoms with E-state index in [2.05, 4.69) is 9.97 Å². The number of ketones is 1. The lowest BCUT2D eigenvalue weighted by Gasteiger charge is -2.14. The highest BCUT2D eigenvalue weighted by Crippen LogP contribution is 2.31. The van der Waals surface area contributed by atoms with Crippen LogP contribution in [0.4, 0.5) is 8.78 Å². The van der Waals surface area contributed by atoms with Crippen LogP contribution in [0.1, 0.15) is 27.2 Å². The maximum Gasteiger partial charge on any atom is 0.266 e. The van der Waals surface area contributed by atoms with E-state index in [4.69, 9.17) is 9.47 Å². The molecular formula is C30H23F2N3O4. The van der Waals surface area contributed by atoms with Crippen molar-refractivity contribution < 1.29 is 23.0 Å². The van der Waals surface area contributed by atoms with E-state index < -0.39 is 23.0 Å². The second-order valence-corrected chi connectivity index (χ2v) is 8.96. The zero-order valence-electron chi connectivity index (χ0n) is 21.4. The molecule has 0 saturated carbocycles. The number of hydrogen-bond donors (Lipinski definition) is 0. The van der Waals surface area contributed by atoms with E-state index in [1.54, 1.807) is 44.2 Å². The summed E-state index contributed by atoms with van der Waals surface area (Å²) in [4.78, 5) is 34.9. The third-order valence-electron chi connectivity index (χ3n) is 6.29. The summed E-state index contributed by atoms with van der Waals surface area (Å²) in [7, 11) is 1.49. The predicted octanol–water partition coefficient (Wildman–Crippen LogP) is 5.90. The average Bonchev–Trinajstić information content (AvgIpc) is 2.91. The molecule has 3 aromatic heterocycles.